The minimum Gasteiger partial charge on any atom is -0.379 e. The molecule has 0 bridgehead atoms. The van der Waals surface area contributed by atoms with Crippen LogP contribution in [0.15, 0.2) is 58.6 Å². The second kappa shape index (κ2) is 12.2. The highest BCUT2D eigenvalue weighted by Crippen LogP contribution is 2.31. The number of rotatable bonds is 10. The number of carbonyl (C=O) groups is 2. The van der Waals surface area contributed by atoms with Gasteiger partial charge in [0, 0.05) is 35.9 Å². The molecule has 12 heteroatoms. The van der Waals surface area contributed by atoms with E-state index in [2.05, 4.69) is 15.5 Å². The topological polar surface area (TPSA) is 123 Å². The first-order valence-corrected chi connectivity index (χ1v) is 14.8. The Labute approximate surface area is 226 Å². The number of nitrogens with one attached hydrogen (secondary N) is 1. The summed E-state index contributed by atoms with van der Waals surface area (Å²) in [5, 5.41) is 12.1. The molecule has 0 unspecified atom stereocenters. The van der Waals surface area contributed by atoms with Gasteiger partial charge in [-0.25, -0.2) is 8.42 Å². The quantitative estimate of drug-likeness (QED) is 0.294. The molecule has 3 aromatic rings. The Balaban J connectivity index is 1.55. The molecule has 0 aliphatic carbocycles. The number of carbonyl (C=O) groups excluding carboxylic acids is 2. The normalized spacial score (nSPS) is 15.2. The number of thioether (sulfide) groups is 1. The highest BCUT2D eigenvalue weighted by Gasteiger charge is 2.27. The number of hydrogen-bond acceptors (Lipinski definition) is 8. The van der Waals surface area contributed by atoms with E-state index in [-0.39, 0.29) is 28.4 Å². The molecule has 2 aromatic carbocycles. The summed E-state index contributed by atoms with van der Waals surface area (Å²) in [6.07, 6.45) is 0.786. The lowest BCUT2D eigenvalue weighted by molar-refractivity contribution is -0.113. The second-order valence-electron chi connectivity index (χ2n) is 8.95. The predicted molar refractivity (Wildman–Crippen MR) is 146 cm³/mol. The molecule has 202 valence electrons. The summed E-state index contributed by atoms with van der Waals surface area (Å²) in [7, 11) is -3.67. The van der Waals surface area contributed by atoms with Gasteiger partial charge in [-0.2, -0.15) is 4.31 Å². The van der Waals surface area contributed by atoms with Crippen LogP contribution in [-0.4, -0.2) is 71.2 Å². The Morgan fingerprint density at radius 3 is 2.55 bits per heavy atom. The number of Topliss-reactive ketones (excluding diaryl/α,β-unsaturated/α-hetero) is 1. The van der Waals surface area contributed by atoms with Crippen LogP contribution >= 0.6 is 11.8 Å². The van der Waals surface area contributed by atoms with Crippen molar-refractivity contribution in [3.8, 4) is 11.4 Å². The first-order valence-electron chi connectivity index (χ1n) is 12.4. The molecule has 10 nitrogen and oxygen atoms in total. The molecule has 1 atom stereocenters. The van der Waals surface area contributed by atoms with Gasteiger partial charge in [-0.05, 0) is 44.5 Å². The van der Waals surface area contributed by atoms with Crippen LogP contribution in [0.5, 0.6) is 0 Å². The highest BCUT2D eigenvalue weighted by atomic mass is 32.2. The maximum Gasteiger partial charge on any atom is 0.243 e. The summed E-state index contributed by atoms with van der Waals surface area (Å²) in [5.74, 6) is 0.307. The van der Waals surface area contributed by atoms with Crippen molar-refractivity contribution in [2.45, 2.75) is 43.3 Å². The van der Waals surface area contributed by atoms with E-state index in [1.54, 1.807) is 42.5 Å². The third-order valence-corrected chi connectivity index (χ3v) is 9.12. The van der Waals surface area contributed by atoms with Crippen molar-refractivity contribution in [2.75, 3.05) is 37.4 Å². The average molecular weight is 558 g/mol. The van der Waals surface area contributed by atoms with Crippen molar-refractivity contribution >= 4 is 39.2 Å². The van der Waals surface area contributed by atoms with Gasteiger partial charge in [-0.3, -0.25) is 14.2 Å². The van der Waals surface area contributed by atoms with Crippen LogP contribution in [-0.2, 0) is 19.6 Å². The van der Waals surface area contributed by atoms with Crippen molar-refractivity contribution in [2.24, 2.45) is 0 Å². The van der Waals surface area contributed by atoms with Crippen LogP contribution < -0.4 is 5.32 Å². The zero-order valence-corrected chi connectivity index (χ0v) is 23.2. The van der Waals surface area contributed by atoms with Crippen molar-refractivity contribution < 1.29 is 22.7 Å². The zero-order chi connectivity index (χ0) is 27.3. The third kappa shape index (κ3) is 6.32. The lowest BCUT2D eigenvalue weighted by Crippen LogP contribution is -2.40. The van der Waals surface area contributed by atoms with Gasteiger partial charge in [0.05, 0.1) is 23.9 Å². The number of sulfonamides is 1. The van der Waals surface area contributed by atoms with Crippen LogP contribution in [0.4, 0.5) is 5.69 Å². The number of ketones is 1. The van der Waals surface area contributed by atoms with Crippen LogP contribution in [0.1, 0.15) is 43.6 Å². The van der Waals surface area contributed by atoms with E-state index in [1.807, 2.05) is 24.5 Å². The summed E-state index contributed by atoms with van der Waals surface area (Å²) >= 11 is 1.25. The smallest absolute Gasteiger partial charge is 0.243 e. The Bertz CT molecular complexity index is 1420. The minimum atomic E-state index is -3.67. The molecule has 38 heavy (non-hydrogen) atoms. The lowest BCUT2D eigenvalue weighted by Gasteiger charge is -2.26. The Morgan fingerprint density at radius 1 is 1.11 bits per heavy atom. The Morgan fingerprint density at radius 2 is 1.84 bits per heavy atom. The summed E-state index contributed by atoms with van der Waals surface area (Å²) in [6.45, 7) is 6.92. The monoisotopic (exact) mass is 557 g/mol. The molecule has 1 amide bonds. The third-order valence-electron chi connectivity index (χ3n) is 6.28. The van der Waals surface area contributed by atoms with Crippen molar-refractivity contribution in [1.82, 2.24) is 19.1 Å². The van der Waals surface area contributed by atoms with Gasteiger partial charge in [-0.15, -0.1) is 10.2 Å². The number of anilines is 1. The van der Waals surface area contributed by atoms with E-state index in [0.717, 1.165) is 6.42 Å². The van der Waals surface area contributed by atoms with Crippen molar-refractivity contribution in [1.29, 1.82) is 0 Å². The minimum absolute atomic E-state index is 0.0114. The molecule has 0 saturated carbocycles. The summed E-state index contributed by atoms with van der Waals surface area (Å²) < 4.78 is 35.1. The van der Waals surface area contributed by atoms with Gasteiger partial charge in [0.1, 0.15) is 0 Å². The van der Waals surface area contributed by atoms with Gasteiger partial charge in [0.2, 0.25) is 15.9 Å². The summed E-state index contributed by atoms with van der Waals surface area (Å²) in [4.78, 5) is 24.5. The van der Waals surface area contributed by atoms with E-state index >= 15 is 0 Å². The summed E-state index contributed by atoms with van der Waals surface area (Å²) in [5.41, 5.74) is 1.70. The molecule has 2 heterocycles. The lowest BCUT2D eigenvalue weighted by atomic mass is 10.1. The van der Waals surface area contributed by atoms with E-state index in [1.165, 1.54) is 23.0 Å². The largest absolute Gasteiger partial charge is 0.379 e. The average Bonchev–Trinajstić information content (AvgIpc) is 3.36. The van der Waals surface area contributed by atoms with Gasteiger partial charge in [-0.1, -0.05) is 43.0 Å². The van der Waals surface area contributed by atoms with Crippen LogP contribution in [0.2, 0.25) is 0 Å². The van der Waals surface area contributed by atoms with Crippen LogP contribution in [0, 0.1) is 0 Å². The summed E-state index contributed by atoms with van der Waals surface area (Å²) in [6, 6.07) is 13.5. The molecule has 1 aliphatic heterocycles. The molecular weight excluding hydrogens is 526 g/mol. The molecule has 1 fully saturated rings. The molecule has 0 spiro atoms. The fourth-order valence-corrected chi connectivity index (χ4v) is 6.32. The van der Waals surface area contributed by atoms with Gasteiger partial charge < -0.3 is 10.1 Å². The number of nitrogens with zero attached hydrogens (tertiary/aromatic N) is 4. The second-order valence-corrected chi connectivity index (χ2v) is 11.8. The number of amides is 1. The fraction of sp³-hybridized carbons (Fsp3) is 0.385. The molecule has 1 aromatic heterocycles. The number of benzene rings is 2. The highest BCUT2D eigenvalue weighted by molar-refractivity contribution is 7.99. The number of aromatic nitrogens is 3. The standard InChI is InChI=1S/C26H31N5O5S2/c1-4-18(2)31-25(21-8-6-10-23(16-21)38(34,35)30-11-13-36-14-12-30)28-29-26(31)37-17-24(33)27-22-9-5-7-20(15-22)19(3)32/h5-10,15-16,18H,4,11-14,17H2,1-3H3,(H,27,33)/t18-/m1/s1. The molecular formula is C26H31N5O5S2. The number of ether oxygens (including phenoxy) is 1. The van der Waals surface area contributed by atoms with Gasteiger partial charge in [0.15, 0.2) is 16.8 Å². The Hall–Kier alpha value is -3.06. The number of morpholine rings is 1. The van der Waals surface area contributed by atoms with Crippen molar-refractivity contribution in [3.05, 3.63) is 54.1 Å². The van der Waals surface area contributed by atoms with Crippen LogP contribution in [0.25, 0.3) is 11.4 Å². The molecule has 1 saturated heterocycles. The predicted octanol–water partition coefficient (Wildman–Crippen LogP) is 3.87. The Kier molecular flexibility index (Phi) is 8.98. The van der Waals surface area contributed by atoms with E-state index in [9.17, 15) is 18.0 Å². The first kappa shape index (κ1) is 28.0. The molecule has 1 N–H and O–H groups in total. The molecule has 1 aliphatic rings. The van der Waals surface area contributed by atoms with Crippen molar-refractivity contribution in [3.63, 3.8) is 0 Å². The van der Waals surface area contributed by atoms with Crippen LogP contribution in [0.3, 0.4) is 0 Å². The van der Waals surface area contributed by atoms with E-state index < -0.39 is 10.0 Å². The van der Waals surface area contributed by atoms with E-state index in [4.69, 9.17) is 4.74 Å². The van der Waals surface area contributed by atoms with Gasteiger partial charge >= 0.3 is 0 Å². The maximum absolute atomic E-state index is 13.2. The first-order chi connectivity index (χ1) is 18.2. The zero-order valence-electron chi connectivity index (χ0n) is 21.6. The molecule has 4 rings (SSSR count). The van der Waals surface area contributed by atoms with E-state index in [0.29, 0.717) is 54.1 Å². The maximum atomic E-state index is 13.2. The number of hydrogen-bond donors (Lipinski definition) is 1. The SMILES string of the molecule is CC[C@@H](C)n1c(SCC(=O)Nc2cccc(C(C)=O)c2)nnc1-c1cccc(S(=O)(=O)N2CCOCC2)c1. The fourth-order valence-electron chi connectivity index (χ4n) is 4.03. The molecule has 0 radical (unpaired) electrons. The van der Waals surface area contributed by atoms with Gasteiger partial charge in [0.25, 0.3) is 0 Å².